The maximum absolute atomic E-state index is 4.64. The fourth-order valence-corrected chi connectivity index (χ4v) is 2.03. The van der Waals surface area contributed by atoms with Crippen molar-refractivity contribution in [3.8, 4) is 0 Å². The van der Waals surface area contributed by atoms with Crippen LogP contribution in [0.5, 0.6) is 0 Å². The molecule has 0 fully saturated rings. The summed E-state index contributed by atoms with van der Waals surface area (Å²) in [6, 6.07) is 0. The van der Waals surface area contributed by atoms with Crippen LogP contribution in [0.15, 0.2) is 12.4 Å². The van der Waals surface area contributed by atoms with E-state index in [2.05, 4.69) is 46.4 Å². The second kappa shape index (κ2) is 6.56. The third kappa shape index (κ3) is 3.51. The molecule has 2 heterocycles. The highest BCUT2D eigenvalue weighted by Crippen LogP contribution is 2.23. The van der Waals surface area contributed by atoms with Gasteiger partial charge in [-0.3, -0.25) is 0 Å². The Morgan fingerprint density at radius 3 is 2.38 bits per heavy atom. The van der Waals surface area contributed by atoms with Gasteiger partial charge in [0.25, 0.3) is 0 Å². The van der Waals surface area contributed by atoms with Crippen LogP contribution in [-0.2, 0) is 13.6 Å². The third-order valence-corrected chi connectivity index (χ3v) is 3.36. The van der Waals surface area contributed by atoms with Crippen molar-refractivity contribution in [2.24, 2.45) is 7.05 Å². The van der Waals surface area contributed by atoms with Crippen molar-refractivity contribution < 1.29 is 0 Å². The van der Waals surface area contributed by atoms with Gasteiger partial charge in [-0.05, 0) is 13.8 Å². The van der Waals surface area contributed by atoms with E-state index in [1.165, 1.54) is 0 Å². The van der Waals surface area contributed by atoms with Crippen molar-refractivity contribution in [3.63, 3.8) is 0 Å². The lowest BCUT2D eigenvalue weighted by Crippen LogP contribution is -2.13. The van der Waals surface area contributed by atoms with E-state index >= 15 is 0 Å². The van der Waals surface area contributed by atoms with Crippen LogP contribution in [0.1, 0.15) is 43.9 Å². The molecule has 0 bridgehead atoms. The Kier molecular flexibility index (Phi) is 4.77. The molecule has 21 heavy (non-hydrogen) atoms. The minimum Gasteiger partial charge on any atom is -0.370 e. The predicted octanol–water partition coefficient (Wildman–Crippen LogP) is 2.69. The van der Waals surface area contributed by atoms with E-state index in [0.717, 1.165) is 35.4 Å². The first-order valence-corrected chi connectivity index (χ1v) is 7.35. The molecule has 2 aromatic heterocycles. The van der Waals surface area contributed by atoms with Crippen molar-refractivity contribution in [1.29, 1.82) is 0 Å². The summed E-state index contributed by atoms with van der Waals surface area (Å²) in [5, 5.41) is 6.68. The van der Waals surface area contributed by atoms with E-state index in [4.69, 9.17) is 0 Å². The van der Waals surface area contributed by atoms with E-state index in [0.29, 0.717) is 6.54 Å². The largest absolute Gasteiger partial charge is 0.370 e. The molecular weight excluding hydrogens is 264 g/mol. The third-order valence-electron chi connectivity index (χ3n) is 3.36. The van der Waals surface area contributed by atoms with E-state index < -0.39 is 0 Å². The lowest BCUT2D eigenvalue weighted by atomic mass is 10.2. The van der Waals surface area contributed by atoms with E-state index in [1.54, 1.807) is 6.20 Å². The molecule has 0 aliphatic carbocycles. The Morgan fingerprint density at radius 1 is 1.19 bits per heavy atom. The van der Waals surface area contributed by atoms with Gasteiger partial charge in [-0.15, -0.1) is 0 Å². The average Bonchev–Trinajstić information content (AvgIpc) is 2.85. The molecule has 6 nitrogen and oxygen atoms in total. The predicted molar refractivity (Wildman–Crippen MR) is 85.6 cm³/mol. The first-order valence-electron chi connectivity index (χ1n) is 7.35. The minimum absolute atomic E-state index is 0.289. The fraction of sp³-hybridized carbons (Fsp3) is 0.533. The quantitative estimate of drug-likeness (QED) is 0.855. The molecule has 2 rings (SSSR count). The summed E-state index contributed by atoms with van der Waals surface area (Å²) in [6.45, 7) is 9.78. The zero-order chi connectivity index (χ0) is 15.4. The van der Waals surface area contributed by atoms with Crippen molar-refractivity contribution in [3.05, 3.63) is 29.6 Å². The molecule has 2 aromatic rings. The molecular formula is C15H24N6. The summed E-state index contributed by atoms with van der Waals surface area (Å²) in [5.41, 5.74) is 1.04. The zero-order valence-corrected chi connectivity index (χ0v) is 13.4. The van der Waals surface area contributed by atoms with Crippen molar-refractivity contribution in [2.75, 3.05) is 17.2 Å². The van der Waals surface area contributed by atoms with E-state index in [9.17, 15) is 0 Å². The molecule has 0 atom stereocenters. The zero-order valence-electron chi connectivity index (χ0n) is 13.4. The van der Waals surface area contributed by atoms with Crippen molar-refractivity contribution in [1.82, 2.24) is 19.5 Å². The highest BCUT2D eigenvalue weighted by atomic mass is 15.1. The molecule has 6 heteroatoms. The summed E-state index contributed by atoms with van der Waals surface area (Å²) in [5.74, 6) is 3.88. The van der Waals surface area contributed by atoms with Gasteiger partial charge in [0.05, 0.1) is 6.54 Å². The molecule has 0 amide bonds. The Bertz CT molecular complexity index is 602. The number of hydrogen-bond donors (Lipinski definition) is 2. The first-order chi connectivity index (χ1) is 10.0. The molecule has 0 saturated heterocycles. The monoisotopic (exact) mass is 288 g/mol. The van der Waals surface area contributed by atoms with Gasteiger partial charge in [0.2, 0.25) is 0 Å². The normalized spacial score (nSPS) is 11.0. The van der Waals surface area contributed by atoms with E-state index in [1.807, 2.05) is 24.7 Å². The van der Waals surface area contributed by atoms with Crippen LogP contribution in [0.4, 0.5) is 11.6 Å². The van der Waals surface area contributed by atoms with Crippen LogP contribution in [-0.4, -0.2) is 26.1 Å². The summed E-state index contributed by atoms with van der Waals surface area (Å²) >= 11 is 0. The minimum atomic E-state index is 0.289. The molecule has 0 unspecified atom stereocenters. The summed E-state index contributed by atoms with van der Waals surface area (Å²) < 4.78 is 2.00. The van der Waals surface area contributed by atoms with Crippen LogP contribution in [0.3, 0.4) is 0 Å². The van der Waals surface area contributed by atoms with Gasteiger partial charge in [0.1, 0.15) is 23.3 Å². The standard InChI is InChI=1S/C15H24N6/c1-6-16-14-11(4)15(20-13(19-14)10(2)3)18-9-12-17-7-8-21(12)5/h7-8,10H,6,9H2,1-5H3,(H2,16,18,19,20). The number of aromatic nitrogens is 4. The fourth-order valence-electron chi connectivity index (χ4n) is 2.03. The molecule has 0 aliphatic rings. The highest BCUT2D eigenvalue weighted by molar-refractivity contribution is 5.57. The number of aryl methyl sites for hydroxylation is 1. The van der Waals surface area contributed by atoms with Crippen LogP contribution >= 0.6 is 0 Å². The Hall–Kier alpha value is -2.11. The summed E-state index contributed by atoms with van der Waals surface area (Å²) in [7, 11) is 1.99. The van der Waals surface area contributed by atoms with Gasteiger partial charge in [0, 0.05) is 37.5 Å². The van der Waals surface area contributed by atoms with Gasteiger partial charge in [-0.25, -0.2) is 15.0 Å². The second-order valence-electron chi connectivity index (χ2n) is 5.40. The Morgan fingerprint density at radius 2 is 1.86 bits per heavy atom. The summed E-state index contributed by atoms with van der Waals surface area (Å²) in [4.78, 5) is 13.6. The SMILES string of the molecule is CCNc1nc(C(C)C)nc(NCc2nccn2C)c1C. The number of rotatable bonds is 6. The van der Waals surface area contributed by atoms with Crippen molar-refractivity contribution >= 4 is 11.6 Å². The number of imidazole rings is 1. The van der Waals surface area contributed by atoms with E-state index in [-0.39, 0.29) is 5.92 Å². The van der Waals surface area contributed by atoms with Gasteiger partial charge in [0.15, 0.2) is 0 Å². The lowest BCUT2D eigenvalue weighted by Gasteiger charge is -2.15. The Balaban J connectivity index is 2.26. The first kappa shape index (κ1) is 15.3. The summed E-state index contributed by atoms with van der Waals surface area (Å²) in [6.07, 6.45) is 3.74. The van der Waals surface area contributed by atoms with Gasteiger partial charge < -0.3 is 15.2 Å². The van der Waals surface area contributed by atoms with Crippen LogP contribution < -0.4 is 10.6 Å². The number of nitrogens with zero attached hydrogens (tertiary/aromatic N) is 4. The maximum atomic E-state index is 4.64. The number of anilines is 2. The highest BCUT2D eigenvalue weighted by Gasteiger charge is 2.13. The molecule has 0 aliphatic heterocycles. The molecule has 0 aromatic carbocycles. The molecule has 0 saturated carbocycles. The van der Waals surface area contributed by atoms with Crippen LogP contribution in [0.25, 0.3) is 0 Å². The number of nitrogens with one attached hydrogen (secondary N) is 2. The average molecular weight is 288 g/mol. The van der Waals surface area contributed by atoms with Crippen LogP contribution in [0.2, 0.25) is 0 Å². The van der Waals surface area contributed by atoms with Gasteiger partial charge >= 0.3 is 0 Å². The van der Waals surface area contributed by atoms with Gasteiger partial charge in [-0.2, -0.15) is 0 Å². The van der Waals surface area contributed by atoms with Crippen molar-refractivity contribution in [2.45, 2.75) is 40.2 Å². The molecule has 2 N–H and O–H groups in total. The molecule has 0 radical (unpaired) electrons. The second-order valence-corrected chi connectivity index (χ2v) is 5.40. The molecule has 0 spiro atoms. The smallest absolute Gasteiger partial charge is 0.135 e. The lowest BCUT2D eigenvalue weighted by molar-refractivity contribution is 0.767. The molecule has 114 valence electrons. The van der Waals surface area contributed by atoms with Crippen LogP contribution in [0, 0.1) is 6.92 Å². The topological polar surface area (TPSA) is 67.7 Å². The number of hydrogen-bond acceptors (Lipinski definition) is 5. The maximum Gasteiger partial charge on any atom is 0.135 e. The Labute approximate surface area is 126 Å². The van der Waals surface area contributed by atoms with Gasteiger partial charge in [-0.1, -0.05) is 13.8 Å².